The Kier molecular flexibility index (Phi) is 2.10. The molecule has 70 valence electrons. The van der Waals surface area contributed by atoms with E-state index in [9.17, 15) is 0 Å². The number of aliphatic hydroxyl groups is 1. The van der Waals surface area contributed by atoms with Crippen LogP contribution >= 0.6 is 0 Å². The number of benzene rings is 1. The van der Waals surface area contributed by atoms with Crippen LogP contribution in [0.3, 0.4) is 0 Å². The summed E-state index contributed by atoms with van der Waals surface area (Å²) in [6.45, 7) is 0.111. The van der Waals surface area contributed by atoms with Crippen molar-refractivity contribution in [3.8, 4) is 0 Å². The first-order valence-corrected chi connectivity index (χ1v) is 4.56. The largest absolute Gasteiger partial charge is 0.392 e. The number of hydrogen-bond donors (Lipinski definition) is 1. The second-order valence-electron chi connectivity index (χ2n) is 3.55. The van der Waals surface area contributed by atoms with E-state index in [1.807, 2.05) is 24.3 Å². The standard InChI is InChI=1S/C11H14O2/c1-13-11(6-7-11)10-4-2-9(8-12)3-5-10/h2-5,12H,6-8H2,1H3. The van der Waals surface area contributed by atoms with E-state index in [1.54, 1.807) is 7.11 Å². The first kappa shape index (κ1) is 8.73. The Hall–Kier alpha value is -0.860. The monoisotopic (exact) mass is 178 g/mol. The molecule has 1 aliphatic carbocycles. The van der Waals surface area contributed by atoms with E-state index in [0.717, 1.165) is 18.4 Å². The number of aliphatic hydroxyl groups excluding tert-OH is 1. The Morgan fingerprint density at radius 1 is 1.31 bits per heavy atom. The van der Waals surface area contributed by atoms with Crippen molar-refractivity contribution >= 4 is 0 Å². The molecule has 0 atom stereocenters. The second kappa shape index (κ2) is 3.13. The zero-order valence-corrected chi connectivity index (χ0v) is 7.79. The average molecular weight is 178 g/mol. The molecular formula is C11H14O2. The van der Waals surface area contributed by atoms with Crippen molar-refractivity contribution in [2.75, 3.05) is 7.11 Å². The van der Waals surface area contributed by atoms with Crippen LogP contribution in [0.5, 0.6) is 0 Å². The third kappa shape index (κ3) is 1.47. The topological polar surface area (TPSA) is 29.5 Å². The lowest BCUT2D eigenvalue weighted by Gasteiger charge is -2.13. The Balaban J connectivity index is 2.23. The fourth-order valence-corrected chi connectivity index (χ4v) is 1.64. The Morgan fingerprint density at radius 2 is 1.92 bits per heavy atom. The fraction of sp³-hybridized carbons (Fsp3) is 0.455. The van der Waals surface area contributed by atoms with Crippen molar-refractivity contribution in [1.29, 1.82) is 0 Å². The molecule has 0 aromatic heterocycles. The molecule has 1 aliphatic rings. The number of methoxy groups -OCH3 is 1. The average Bonchev–Trinajstić information content (AvgIpc) is 2.99. The van der Waals surface area contributed by atoms with Gasteiger partial charge < -0.3 is 9.84 Å². The van der Waals surface area contributed by atoms with Gasteiger partial charge in [-0.05, 0) is 24.0 Å². The molecule has 0 bridgehead atoms. The van der Waals surface area contributed by atoms with Crippen molar-refractivity contribution in [3.05, 3.63) is 35.4 Å². The summed E-state index contributed by atoms with van der Waals surface area (Å²) in [5.41, 5.74) is 2.18. The Bertz CT molecular complexity index is 285. The molecule has 2 rings (SSSR count). The van der Waals surface area contributed by atoms with Gasteiger partial charge >= 0.3 is 0 Å². The predicted molar refractivity (Wildman–Crippen MR) is 50.3 cm³/mol. The first-order valence-electron chi connectivity index (χ1n) is 4.56. The smallest absolute Gasteiger partial charge is 0.0929 e. The summed E-state index contributed by atoms with van der Waals surface area (Å²) >= 11 is 0. The molecule has 0 unspecified atom stereocenters. The lowest BCUT2D eigenvalue weighted by atomic mass is 10.1. The van der Waals surface area contributed by atoms with Crippen LogP contribution in [0.2, 0.25) is 0 Å². The van der Waals surface area contributed by atoms with Gasteiger partial charge in [0.1, 0.15) is 0 Å². The van der Waals surface area contributed by atoms with E-state index < -0.39 is 0 Å². The van der Waals surface area contributed by atoms with Crippen molar-refractivity contribution < 1.29 is 9.84 Å². The third-order valence-corrected chi connectivity index (χ3v) is 2.76. The van der Waals surface area contributed by atoms with Crippen LogP contribution in [-0.2, 0) is 16.9 Å². The highest BCUT2D eigenvalue weighted by atomic mass is 16.5. The molecule has 2 heteroatoms. The van der Waals surface area contributed by atoms with Crippen LogP contribution in [0, 0.1) is 0 Å². The Morgan fingerprint density at radius 3 is 2.31 bits per heavy atom. The van der Waals surface area contributed by atoms with Gasteiger partial charge in [-0.1, -0.05) is 24.3 Å². The summed E-state index contributed by atoms with van der Waals surface area (Å²) in [5.74, 6) is 0. The van der Waals surface area contributed by atoms with Gasteiger partial charge in [-0.2, -0.15) is 0 Å². The first-order chi connectivity index (χ1) is 6.30. The van der Waals surface area contributed by atoms with Gasteiger partial charge in [-0.15, -0.1) is 0 Å². The Labute approximate surface area is 78.2 Å². The molecule has 2 nitrogen and oxygen atoms in total. The molecule has 1 fully saturated rings. The molecular weight excluding hydrogens is 164 g/mol. The van der Waals surface area contributed by atoms with Crippen LogP contribution in [-0.4, -0.2) is 12.2 Å². The summed E-state index contributed by atoms with van der Waals surface area (Å²) in [4.78, 5) is 0. The minimum atomic E-state index is -0.00597. The van der Waals surface area contributed by atoms with Crippen LogP contribution in [0.1, 0.15) is 24.0 Å². The van der Waals surface area contributed by atoms with E-state index in [-0.39, 0.29) is 12.2 Å². The van der Waals surface area contributed by atoms with Gasteiger partial charge in [0, 0.05) is 7.11 Å². The van der Waals surface area contributed by atoms with Gasteiger partial charge in [-0.3, -0.25) is 0 Å². The zero-order chi connectivity index (χ0) is 9.31. The van der Waals surface area contributed by atoms with Crippen molar-refractivity contribution in [3.63, 3.8) is 0 Å². The maximum atomic E-state index is 8.87. The lowest BCUT2D eigenvalue weighted by molar-refractivity contribution is 0.0789. The van der Waals surface area contributed by atoms with E-state index in [4.69, 9.17) is 9.84 Å². The van der Waals surface area contributed by atoms with Gasteiger partial charge in [0.2, 0.25) is 0 Å². The van der Waals surface area contributed by atoms with Gasteiger partial charge in [0.15, 0.2) is 0 Å². The maximum absolute atomic E-state index is 8.87. The van der Waals surface area contributed by atoms with E-state index in [2.05, 4.69) is 0 Å². The summed E-state index contributed by atoms with van der Waals surface area (Å²) in [5, 5.41) is 8.87. The second-order valence-corrected chi connectivity index (χ2v) is 3.55. The molecule has 13 heavy (non-hydrogen) atoms. The normalized spacial score (nSPS) is 18.6. The fourth-order valence-electron chi connectivity index (χ4n) is 1.64. The summed E-state index contributed by atoms with van der Waals surface area (Å²) in [7, 11) is 1.76. The SMILES string of the molecule is COC1(c2ccc(CO)cc2)CC1. The highest BCUT2D eigenvalue weighted by Gasteiger charge is 2.44. The highest BCUT2D eigenvalue weighted by Crippen LogP contribution is 2.48. The number of ether oxygens (including phenoxy) is 1. The molecule has 0 radical (unpaired) electrons. The van der Waals surface area contributed by atoms with Crippen molar-refractivity contribution in [2.45, 2.75) is 25.0 Å². The molecule has 0 saturated heterocycles. The minimum absolute atomic E-state index is 0.00597. The summed E-state index contributed by atoms with van der Waals surface area (Å²) in [6, 6.07) is 7.99. The molecule has 1 saturated carbocycles. The maximum Gasteiger partial charge on any atom is 0.0929 e. The van der Waals surface area contributed by atoms with Crippen LogP contribution in [0.4, 0.5) is 0 Å². The lowest BCUT2D eigenvalue weighted by Crippen LogP contribution is -2.08. The molecule has 0 spiro atoms. The van der Waals surface area contributed by atoms with Gasteiger partial charge in [-0.25, -0.2) is 0 Å². The number of hydrogen-bond acceptors (Lipinski definition) is 2. The quantitative estimate of drug-likeness (QED) is 0.765. The van der Waals surface area contributed by atoms with Crippen LogP contribution < -0.4 is 0 Å². The highest BCUT2D eigenvalue weighted by molar-refractivity contribution is 5.30. The zero-order valence-electron chi connectivity index (χ0n) is 7.79. The molecule has 1 aromatic rings. The van der Waals surface area contributed by atoms with Crippen LogP contribution in [0.25, 0.3) is 0 Å². The molecule has 1 aromatic carbocycles. The predicted octanol–water partition coefficient (Wildman–Crippen LogP) is 1.81. The molecule has 0 heterocycles. The third-order valence-electron chi connectivity index (χ3n) is 2.76. The number of rotatable bonds is 3. The van der Waals surface area contributed by atoms with E-state index in [0.29, 0.717) is 0 Å². The van der Waals surface area contributed by atoms with E-state index >= 15 is 0 Å². The van der Waals surface area contributed by atoms with Crippen LogP contribution in [0.15, 0.2) is 24.3 Å². The molecule has 1 N–H and O–H groups in total. The molecule has 0 aliphatic heterocycles. The van der Waals surface area contributed by atoms with Gasteiger partial charge in [0.25, 0.3) is 0 Å². The van der Waals surface area contributed by atoms with E-state index in [1.165, 1.54) is 5.56 Å². The van der Waals surface area contributed by atoms with Gasteiger partial charge in [0.05, 0.1) is 12.2 Å². The van der Waals surface area contributed by atoms with Crippen molar-refractivity contribution in [1.82, 2.24) is 0 Å². The summed E-state index contributed by atoms with van der Waals surface area (Å²) < 4.78 is 5.45. The minimum Gasteiger partial charge on any atom is -0.392 e. The summed E-state index contributed by atoms with van der Waals surface area (Å²) in [6.07, 6.45) is 2.23. The van der Waals surface area contributed by atoms with Crippen molar-refractivity contribution in [2.24, 2.45) is 0 Å². The molecule has 0 amide bonds.